The molecule has 1 aliphatic heterocycles. The van der Waals surface area contributed by atoms with Crippen molar-refractivity contribution in [2.75, 3.05) is 29.1 Å². The minimum atomic E-state index is -3.43. The molecule has 0 aromatic heterocycles. The highest BCUT2D eigenvalue weighted by atomic mass is 32.2. The molecule has 0 radical (unpaired) electrons. The SMILES string of the molecule is CN(c1ccccc1C(=O)N1CCc2ccccc21)S(C)(=O)=O. The van der Waals surface area contributed by atoms with E-state index in [1.54, 1.807) is 29.2 Å². The Hall–Kier alpha value is -2.34. The van der Waals surface area contributed by atoms with E-state index in [1.165, 1.54) is 7.05 Å². The van der Waals surface area contributed by atoms with Gasteiger partial charge < -0.3 is 4.90 Å². The number of nitrogens with zero attached hydrogens (tertiary/aromatic N) is 2. The summed E-state index contributed by atoms with van der Waals surface area (Å²) in [6.07, 6.45) is 1.94. The third-order valence-electron chi connectivity index (χ3n) is 4.10. The van der Waals surface area contributed by atoms with E-state index in [0.29, 0.717) is 17.8 Å². The Labute approximate surface area is 136 Å². The van der Waals surface area contributed by atoms with Crippen LogP contribution < -0.4 is 9.21 Å². The average molecular weight is 330 g/mol. The first kappa shape index (κ1) is 15.6. The van der Waals surface area contributed by atoms with Gasteiger partial charge in [0.2, 0.25) is 10.0 Å². The molecule has 0 saturated carbocycles. The van der Waals surface area contributed by atoms with Crippen LogP contribution in [0.4, 0.5) is 11.4 Å². The Morgan fingerprint density at radius 1 is 1.09 bits per heavy atom. The van der Waals surface area contributed by atoms with Gasteiger partial charge in [0.15, 0.2) is 0 Å². The van der Waals surface area contributed by atoms with E-state index in [1.807, 2.05) is 24.3 Å². The van der Waals surface area contributed by atoms with Crippen LogP contribution in [-0.2, 0) is 16.4 Å². The van der Waals surface area contributed by atoms with Gasteiger partial charge in [-0.25, -0.2) is 8.42 Å². The van der Waals surface area contributed by atoms with Gasteiger partial charge in [0.05, 0.1) is 17.5 Å². The van der Waals surface area contributed by atoms with Crippen molar-refractivity contribution in [2.24, 2.45) is 0 Å². The van der Waals surface area contributed by atoms with E-state index in [-0.39, 0.29) is 5.91 Å². The Kier molecular flexibility index (Phi) is 3.85. The Morgan fingerprint density at radius 3 is 2.48 bits per heavy atom. The predicted octanol–water partition coefficient (Wildman–Crippen LogP) is 2.29. The first-order valence-electron chi connectivity index (χ1n) is 7.32. The van der Waals surface area contributed by atoms with Crippen LogP contribution in [-0.4, -0.2) is 34.2 Å². The molecule has 2 aromatic carbocycles. The highest BCUT2D eigenvalue weighted by molar-refractivity contribution is 7.92. The molecule has 120 valence electrons. The Morgan fingerprint density at radius 2 is 1.74 bits per heavy atom. The lowest BCUT2D eigenvalue weighted by molar-refractivity contribution is 0.0990. The summed E-state index contributed by atoms with van der Waals surface area (Å²) in [4.78, 5) is 14.7. The summed E-state index contributed by atoms with van der Waals surface area (Å²) in [5.41, 5.74) is 2.81. The molecule has 3 rings (SSSR count). The number of rotatable bonds is 3. The van der Waals surface area contributed by atoms with Crippen LogP contribution >= 0.6 is 0 Å². The van der Waals surface area contributed by atoms with Crippen LogP contribution in [0.25, 0.3) is 0 Å². The topological polar surface area (TPSA) is 57.7 Å². The van der Waals surface area contributed by atoms with Gasteiger partial charge in [-0.15, -0.1) is 0 Å². The molecule has 1 aliphatic rings. The number of benzene rings is 2. The molecule has 1 amide bonds. The summed E-state index contributed by atoms with van der Waals surface area (Å²) in [6.45, 7) is 0.606. The second-order valence-corrected chi connectivity index (χ2v) is 7.60. The molecule has 5 nitrogen and oxygen atoms in total. The number of carbonyl (C=O) groups is 1. The van der Waals surface area contributed by atoms with Crippen LogP contribution in [0, 0.1) is 0 Å². The maximum Gasteiger partial charge on any atom is 0.260 e. The molecule has 0 unspecified atom stereocenters. The van der Waals surface area contributed by atoms with E-state index in [9.17, 15) is 13.2 Å². The fourth-order valence-electron chi connectivity index (χ4n) is 2.80. The number of carbonyl (C=O) groups excluding carboxylic acids is 1. The monoisotopic (exact) mass is 330 g/mol. The second-order valence-electron chi connectivity index (χ2n) is 5.58. The van der Waals surface area contributed by atoms with Gasteiger partial charge in [0.25, 0.3) is 5.91 Å². The van der Waals surface area contributed by atoms with Crippen LogP contribution in [0.5, 0.6) is 0 Å². The molecule has 0 N–H and O–H groups in total. The van der Waals surface area contributed by atoms with E-state index in [0.717, 1.165) is 28.2 Å². The van der Waals surface area contributed by atoms with Crippen molar-refractivity contribution in [2.45, 2.75) is 6.42 Å². The number of fused-ring (bicyclic) bond motifs is 1. The van der Waals surface area contributed by atoms with Gasteiger partial charge in [0.1, 0.15) is 0 Å². The third kappa shape index (κ3) is 2.82. The summed E-state index contributed by atoms with van der Waals surface area (Å²) >= 11 is 0. The minimum Gasteiger partial charge on any atom is -0.308 e. The van der Waals surface area contributed by atoms with Crippen LogP contribution in [0.3, 0.4) is 0 Å². The average Bonchev–Trinajstić information content (AvgIpc) is 2.96. The van der Waals surface area contributed by atoms with Crippen molar-refractivity contribution in [3.05, 3.63) is 59.7 Å². The standard InChI is InChI=1S/C17H18N2O3S/c1-18(23(2,21)22)16-10-6-4-8-14(16)17(20)19-12-11-13-7-3-5-9-15(13)19/h3-10H,11-12H2,1-2H3. The zero-order valence-electron chi connectivity index (χ0n) is 13.1. The largest absolute Gasteiger partial charge is 0.308 e. The summed E-state index contributed by atoms with van der Waals surface area (Å²) in [5, 5.41) is 0. The van der Waals surface area contributed by atoms with Gasteiger partial charge in [-0.2, -0.15) is 0 Å². The zero-order valence-corrected chi connectivity index (χ0v) is 13.9. The summed E-state index contributed by atoms with van der Waals surface area (Å²) in [5.74, 6) is -0.180. The normalized spacial score (nSPS) is 13.7. The zero-order chi connectivity index (χ0) is 16.6. The molecule has 1 heterocycles. The van der Waals surface area contributed by atoms with Gasteiger partial charge in [-0.3, -0.25) is 9.10 Å². The molecule has 0 fully saturated rings. The fraction of sp³-hybridized carbons (Fsp3) is 0.235. The molecule has 6 heteroatoms. The quantitative estimate of drug-likeness (QED) is 0.867. The lowest BCUT2D eigenvalue weighted by Crippen LogP contribution is -2.32. The smallest absolute Gasteiger partial charge is 0.260 e. The van der Waals surface area contributed by atoms with E-state index in [2.05, 4.69) is 0 Å². The molecule has 0 spiro atoms. The molecule has 0 saturated heterocycles. The molecular weight excluding hydrogens is 312 g/mol. The van der Waals surface area contributed by atoms with Crippen molar-refractivity contribution < 1.29 is 13.2 Å². The molecule has 23 heavy (non-hydrogen) atoms. The van der Waals surface area contributed by atoms with E-state index >= 15 is 0 Å². The molecule has 2 aromatic rings. The van der Waals surface area contributed by atoms with Crippen LogP contribution in [0.2, 0.25) is 0 Å². The van der Waals surface area contributed by atoms with Crippen LogP contribution in [0.1, 0.15) is 15.9 Å². The molecule has 0 aliphatic carbocycles. The molecular formula is C17H18N2O3S. The predicted molar refractivity (Wildman–Crippen MR) is 91.5 cm³/mol. The highest BCUT2D eigenvalue weighted by Crippen LogP contribution is 2.31. The van der Waals surface area contributed by atoms with Crippen molar-refractivity contribution in [1.29, 1.82) is 0 Å². The number of hydrogen-bond donors (Lipinski definition) is 0. The number of anilines is 2. The van der Waals surface area contributed by atoms with E-state index < -0.39 is 10.0 Å². The maximum absolute atomic E-state index is 13.0. The van der Waals surface area contributed by atoms with Gasteiger partial charge in [-0.05, 0) is 30.2 Å². The Balaban J connectivity index is 2.02. The first-order chi connectivity index (χ1) is 10.9. The van der Waals surface area contributed by atoms with Crippen molar-refractivity contribution in [3.8, 4) is 0 Å². The van der Waals surface area contributed by atoms with Gasteiger partial charge in [0, 0.05) is 19.3 Å². The molecule has 0 atom stereocenters. The van der Waals surface area contributed by atoms with Crippen molar-refractivity contribution in [1.82, 2.24) is 0 Å². The lowest BCUT2D eigenvalue weighted by Gasteiger charge is -2.23. The summed E-state index contributed by atoms with van der Waals surface area (Å²) < 4.78 is 24.8. The number of hydrogen-bond acceptors (Lipinski definition) is 3. The fourth-order valence-corrected chi connectivity index (χ4v) is 3.32. The van der Waals surface area contributed by atoms with E-state index in [4.69, 9.17) is 0 Å². The van der Waals surface area contributed by atoms with Crippen molar-refractivity contribution >= 4 is 27.3 Å². The number of sulfonamides is 1. The Bertz CT molecular complexity index is 862. The second kappa shape index (κ2) is 5.70. The first-order valence-corrected chi connectivity index (χ1v) is 9.17. The lowest BCUT2D eigenvalue weighted by atomic mass is 10.1. The van der Waals surface area contributed by atoms with Crippen LogP contribution in [0.15, 0.2) is 48.5 Å². The van der Waals surface area contributed by atoms with Crippen molar-refractivity contribution in [3.63, 3.8) is 0 Å². The summed E-state index contributed by atoms with van der Waals surface area (Å²) in [7, 11) is -1.98. The number of para-hydroxylation sites is 2. The number of amides is 1. The maximum atomic E-state index is 13.0. The van der Waals surface area contributed by atoms with Gasteiger partial charge in [-0.1, -0.05) is 30.3 Å². The third-order valence-corrected chi connectivity index (χ3v) is 5.30. The molecule has 0 bridgehead atoms. The summed E-state index contributed by atoms with van der Waals surface area (Å²) in [6, 6.07) is 14.6. The van der Waals surface area contributed by atoms with Gasteiger partial charge >= 0.3 is 0 Å². The highest BCUT2D eigenvalue weighted by Gasteiger charge is 2.28. The minimum absolute atomic E-state index is 0.180.